The summed E-state index contributed by atoms with van der Waals surface area (Å²) in [5.74, 6) is 0.234. The Kier molecular flexibility index (Phi) is 6.74. The van der Waals surface area contributed by atoms with E-state index in [2.05, 4.69) is 0 Å². The minimum absolute atomic E-state index is 0.0565. The largest absolute Gasteiger partial charge is 0.396 e. The summed E-state index contributed by atoms with van der Waals surface area (Å²) in [6.07, 6.45) is 2.37. The van der Waals surface area contributed by atoms with Crippen molar-refractivity contribution < 1.29 is 18.3 Å². The van der Waals surface area contributed by atoms with Gasteiger partial charge in [-0.3, -0.25) is 4.79 Å². The molecule has 112 valence electrons. The van der Waals surface area contributed by atoms with Gasteiger partial charge in [-0.1, -0.05) is 6.92 Å². The van der Waals surface area contributed by atoms with Crippen LogP contribution in [0.4, 0.5) is 0 Å². The van der Waals surface area contributed by atoms with Crippen molar-refractivity contribution in [1.29, 1.82) is 0 Å². The van der Waals surface area contributed by atoms with Gasteiger partial charge < -0.3 is 10.0 Å². The predicted molar refractivity (Wildman–Crippen MR) is 73.2 cm³/mol. The number of amides is 1. The van der Waals surface area contributed by atoms with Gasteiger partial charge in [0.25, 0.3) is 0 Å². The first kappa shape index (κ1) is 16.4. The number of hydrogen-bond donors (Lipinski definition) is 1. The van der Waals surface area contributed by atoms with E-state index in [0.717, 1.165) is 0 Å². The maximum absolute atomic E-state index is 11.9. The van der Waals surface area contributed by atoms with Gasteiger partial charge in [0.2, 0.25) is 15.9 Å². The molecule has 0 unspecified atom stereocenters. The lowest BCUT2D eigenvalue weighted by atomic mass is 10.2. The molecule has 0 aromatic heterocycles. The molecule has 1 fully saturated rings. The molecule has 1 rings (SSSR count). The summed E-state index contributed by atoms with van der Waals surface area (Å²) in [6, 6.07) is 0. The zero-order valence-electron chi connectivity index (χ0n) is 11.5. The third kappa shape index (κ3) is 5.08. The summed E-state index contributed by atoms with van der Waals surface area (Å²) < 4.78 is 25.2. The molecular weight excluding hydrogens is 268 g/mol. The standard InChI is InChI=1S/C12H24N2O4S/c1-2-11-19(17,18)14-8-6-13(7-9-14)12(16)5-3-4-10-15/h15H,2-11H2,1H3. The molecule has 6 nitrogen and oxygen atoms in total. The zero-order valence-corrected chi connectivity index (χ0v) is 12.4. The minimum Gasteiger partial charge on any atom is -0.396 e. The second kappa shape index (κ2) is 7.81. The summed E-state index contributed by atoms with van der Waals surface area (Å²) >= 11 is 0. The van der Waals surface area contributed by atoms with E-state index in [1.54, 1.807) is 4.90 Å². The van der Waals surface area contributed by atoms with Crippen molar-refractivity contribution in [2.45, 2.75) is 32.6 Å². The molecule has 0 spiro atoms. The zero-order chi connectivity index (χ0) is 14.3. The molecule has 1 amide bonds. The van der Waals surface area contributed by atoms with Crippen molar-refractivity contribution in [1.82, 2.24) is 9.21 Å². The third-order valence-electron chi connectivity index (χ3n) is 3.25. The average Bonchev–Trinajstić information content (AvgIpc) is 2.39. The van der Waals surface area contributed by atoms with Crippen LogP contribution in [0.25, 0.3) is 0 Å². The van der Waals surface area contributed by atoms with Crippen LogP contribution in [0.2, 0.25) is 0 Å². The normalized spacial score (nSPS) is 17.7. The van der Waals surface area contributed by atoms with E-state index in [0.29, 0.717) is 51.9 Å². The summed E-state index contributed by atoms with van der Waals surface area (Å²) in [4.78, 5) is 13.5. The van der Waals surface area contributed by atoms with Gasteiger partial charge in [0.15, 0.2) is 0 Å². The summed E-state index contributed by atoms with van der Waals surface area (Å²) in [5.41, 5.74) is 0. The second-order valence-electron chi connectivity index (χ2n) is 4.78. The molecule has 0 saturated carbocycles. The van der Waals surface area contributed by atoms with E-state index in [-0.39, 0.29) is 18.3 Å². The summed E-state index contributed by atoms with van der Waals surface area (Å²) in [6.45, 7) is 3.69. The number of aliphatic hydroxyl groups is 1. The number of piperazine rings is 1. The van der Waals surface area contributed by atoms with Crippen molar-refractivity contribution in [3.8, 4) is 0 Å². The molecule has 0 radical (unpaired) electrons. The van der Waals surface area contributed by atoms with E-state index < -0.39 is 10.0 Å². The lowest BCUT2D eigenvalue weighted by Gasteiger charge is -2.34. The SMILES string of the molecule is CCCS(=O)(=O)N1CCN(C(=O)CCCCO)CC1. The number of hydrogen-bond acceptors (Lipinski definition) is 4. The first-order valence-corrected chi connectivity index (χ1v) is 8.48. The number of nitrogens with zero attached hydrogens (tertiary/aromatic N) is 2. The van der Waals surface area contributed by atoms with E-state index in [9.17, 15) is 13.2 Å². The third-order valence-corrected chi connectivity index (χ3v) is 5.32. The molecule has 0 atom stereocenters. The highest BCUT2D eigenvalue weighted by Gasteiger charge is 2.27. The lowest BCUT2D eigenvalue weighted by molar-refractivity contribution is -0.132. The molecule has 1 aliphatic rings. The molecular formula is C12H24N2O4S. The number of carbonyl (C=O) groups excluding carboxylic acids is 1. The van der Waals surface area contributed by atoms with Gasteiger partial charge in [0, 0.05) is 39.2 Å². The monoisotopic (exact) mass is 292 g/mol. The Morgan fingerprint density at radius 2 is 1.79 bits per heavy atom. The molecule has 7 heteroatoms. The Balaban J connectivity index is 2.38. The summed E-state index contributed by atoms with van der Waals surface area (Å²) in [5, 5.41) is 8.67. The molecule has 1 N–H and O–H groups in total. The van der Waals surface area contributed by atoms with E-state index in [4.69, 9.17) is 5.11 Å². The van der Waals surface area contributed by atoms with Gasteiger partial charge >= 0.3 is 0 Å². The van der Waals surface area contributed by atoms with Gasteiger partial charge in [0.05, 0.1) is 5.75 Å². The van der Waals surface area contributed by atoms with Crippen LogP contribution in [-0.4, -0.2) is 67.2 Å². The van der Waals surface area contributed by atoms with Crippen LogP contribution < -0.4 is 0 Å². The predicted octanol–water partition coefficient (Wildman–Crippen LogP) is 0.0330. The Hall–Kier alpha value is -0.660. The van der Waals surface area contributed by atoms with E-state index in [1.165, 1.54) is 4.31 Å². The van der Waals surface area contributed by atoms with Crippen LogP contribution in [0.5, 0.6) is 0 Å². The first-order valence-electron chi connectivity index (χ1n) is 6.87. The Morgan fingerprint density at radius 3 is 2.32 bits per heavy atom. The fourth-order valence-electron chi connectivity index (χ4n) is 2.15. The van der Waals surface area contributed by atoms with Crippen LogP contribution in [0.1, 0.15) is 32.6 Å². The molecule has 0 bridgehead atoms. The minimum atomic E-state index is -3.14. The van der Waals surface area contributed by atoms with Crippen LogP contribution in [0.3, 0.4) is 0 Å². The van der Waals surface area contributed by atoms with Crippen LogP contribution in [-0.2, 0) is 14.8 Å². The smallest absolute Gasteiger partial charge is 0.222 e. The van der Waals surface area contributed by atoms with Gasteiger partial charge in [-0.05, 0) is 19.3 Å². The van der Waals surface area contributed by atoms with Crippen molar-refractivity contribution in [3.05, 3.63) is 0 Å². The van der Waals surface area contributed by atoms with Crippen LogP contribution in [0, 0.1) is 0 Å². The van der Waals surface area contributed by atoms with Crippen molar-refractivity contribution in [2.24, 2.45) is 0 Å². The maximum atomic E-state index is 11.9. The second-order valence-corrected chi connectivity index (χ2v) is 6.87. The molecule has 1 aliphatic heterocycles. The van der Waals surface area contributed by atoms with E-state index >= 15 is 0 Å². The highest BCUT2D eigenvalue weighted by Crippen LogP contribution is 2.11. The summed E-state index contributed by atoms with van der Waals surface area (Å²) in [7, 11) is -3.14. The van der Waals surface area contributed by atoms with E-state index in [1.807, 2.05) is 6.92 Å². The van der Waals surface area contributed by atoms with Gasteiger partial charge in [-0.25, -0.2) is 8.42 Å². The Morgan fingerprint density at radius 1 is 1.16 bits per heavy atom. The van der Waals surface area contributed by atoms with Crippen LogP contribution in [0.15, 0.2) is 0 Å². The molecule has 19 heavy (non-hydrogen) atoms. The molecule has 1 heterocycles. The average molecular weight is 292 g/mol. The van der Waals surface area contributed by atoms with Crippen molar-refractivity contribution in [2.75, 3.05) is 38.5 Å². The molecule has 0 aliphatic carbocycles. The highest BCUT2D eigenvalue weighted by atomic mass is 32.2. The lowest BCUT2D eigenvalue weighted by Crippen LogP contribution is -2.51. The maximum Gasteiger partial charge on any atom is 0.222 e. The van der Waals surface area contributed by atoms with Crippen molar-refractivity contribution in [3.63, 3.8) is 0 Å². The fourth-order valence-corrected chi connectivity index (χ4v) is 3.64. The number of sulfonamides is 1. The van der Waals surface area contributed by atoms with Crippen molar-refractivity contribution >= 4 is 15.9 Å². The quantitative estimate of drug-likeness (QED) is 0.672. The van der Waals surface area contributed by atoms with Gasteiger partial charge in [0.1, 0.15) is 0 Å². The molecule has 0 aromatic carbocycles. The Labute approximate surface area is 115 Å². The fraction of sp³-hybridized carbons (Fsp3) is 0.917. The Bertz CT molecular complexity index is 375. The number of rotatable bonds is 7. The molecule has 1 saturated heterocycles. The number of carbonyl (C=O) groups is 1. The molecule has 0 aromatic rings. The van der Waals surface area contributed by atoms with Gasteiger partial charge in [-0.15, -0.1) is 0 Å². The highest BCUT2D eigenvalue weighted by molar-refractivity contribution is 7.89. The first-order chi connectivity index (χ1) is 9.01. The van der Waals surface area contributed by atoms with Crippen LogP contribution >= 0.6 is 0 Å². The number of aliphatic hydroxyl groups excluding tert-OH is 1. The van der Waals surface area contributed by atoms with Gasteiger partial charge in [-0.2, -0.15) is 4.31 Å². The number of unbranched alkanes of at least 4 members (excludes halogenated alkanes) is 1. The topological polar surface area (TPSA) is 77.9 Å².